The summed E-state index contributed by atoms with van der Waals surface area (Å²) in [6.07, 6.45) is 54.5. The Morgan fingerprint density at radius 3 is 1.15 bits per heavy atom. The van der Waals surface area contributed by atoms with E-state index in [1.165, 1.54) is 244 Å². The number of aliphatic hydroxyl groups is 5. The van der Waals surface area contributed by atoms with Gasteiger partial charge in [-0.1, -0.05) is 289 Å². The fourth-order valence-corrected chi connectivity index (χ4v) is 9.87. The van der Waals surface area contributed by atoms with Crippen molar-refractivity contribution in [3.8, 4) is 0 Å². The molecule has 9 heteroatoms. The van der Waals surface area contributed by atoms with Gasteiger partial charge in [0.25, 0.3) is 0 Å². The van der Waals surface area contributed by atoms with E-state index >= 15 is 0 Å². The third-order valence-electron chi connectivity index (χ3n) is 14.6. The second-order valence-electron chi connectivity index (χ2n) is 21.2. The third-order valence-corrected chi connectivity index (χ3v) is 14.6. The van der Waals surface area contributed by atoms with Gasteiger partial charge in [-0.15, -0.1) is 0 Å². The quantitative estimate of drug-likeness (QED) is 0.0261. The van der Waals surface area contributed by atoms with Crippen molar-refractivity contribution in [3.05, 3.63) is 12.2 Å². The van der Waals surface area contributed by atoms with Gasteiger partial charge in [0, 0.05) is 6.42 Å². The Morgan fingerprint density at radius 1 is 0.485 bits per heavy atom. The molecule has 2 unspecified atom stereocenters. The molecule has 0 aromatic rings. The number of carbonyl (C=O) groups is 1. The lowest BCUT2D eigenvalue weighted by atomic mass is 9.99. The fourth-order valence-electron chi connectivity index (χ4n) is 9.87. The number of hydrogen-bond donors (Lipinski definition) is 6. The summed E-state index contributed by atoms with van der Waals surface area (Å²) in [5.74, 6) is -0.171. The van der Waals surface area contributed by atoms with E-state index in [2.05, 4.69) is 19.2 Å². The van der Waals surface area contributed by atoms with E-state index in [0.29, 0.717) is 6.42 Å². The molecule has 0 bridgehead atoms. The molecule has 404 valence electrons. The molecule has 9 nitrogen and oxygen atoms in total. The number of unbranched alkanes of at least 4 members (excludes halogenated alkanes) is 42. The number of carbonyl (C=O) groups excluding carboxylic acids is 1. The number of allylic oxidation sites excluding steroid dienone is 1. The monoisotopic (exact) mass is 966 g/mol. The normalized spacial score (nSPS) is 19.5. The molecule has 1 aliphatic rings. The van der Waals surface area contributed by atoms with E-state index in [0.717, 1.165) is 38.5 Å². The Morgan fingerprint density at radius 2 is 0.809 bits per heavy atom. The molecule has 0 saturated carbocycles. The molecular formula is C59H115NO8. The van der Waals surface area contributed by atoms with Crippen molar-refractivity contribution in [3.63, 3.8) is 0 Å². The van der Waals surface area contributed by atoms with Gasteiger partial charge in [-0.3, -0.25) is 4.79 Å². The zero-order chi connectivity index (χ0) is 49.4. The highest BCUT2D eigenvalue weighted by molar-refractivity contribution is 5.76. The number of rotatable bonds is 52. The van der Waals surface area contributed by atoms with Crippen LogP contribution in [0.15, 0.2) is 12.2 Å². The molecular weight excluding hydrogens is 851 g/mol. The summed E-state index contributed by atoms with van der Waals surface area (Å²) in [5, 5.41) is 54.4. The average molecular weight is 967 g/mol. The summed E-state index contributed by atoms with van der Waals surface area (Å²) in [5.41, 5.74) is 0. The van der Waals surface area contributed by atoms with Crippen LogP contribution >= 0.6 is 0 Å². The predicted molar refractivity (Wildman–Crippen MR) is 286 cm³/mol. The maximum Gasteiger partial charge on any atom is 0.220 e. The van der Waals surface area contributed by atoms with Crippen LogP contribution in [0.1, 0.15) is 303 Å². The molecule has 68 heavy (non-hydrogen) atoms. The van der Waals surface area contributed by atoms with Crippen LogP contribution in [0.25, 0.3) is 0 Å². The Balaban J connectivity index is 2.09. The van der Waals surface area contributed by atoms with Crippen molar-refractivity contribution < 1.29 is 39.8 Å². The number of amides is 1. The Labute approximate surface area is 420 Å². The molecule has 1 aliphatic heterocycles. The van der Waals surface area contributed by atoms with Gasteiger partial charge in [-0.05, 0) is 19.3 Å². The first kappa shape index (κ1) is 64.9. The molecule has 1 amide bonds. The van der Waals surface area contributed by atoms with Gasteiger partial charge in [0.15, 0.2) is 6.29 Å². The van der Waals surface area contributed by atoms with Gasteiger partial charge in [-0.25, -0.2) is 0 Å². The number of aliphatic hydroxyl groups excluding tert-OH is 5. The minimum Gasteiger partial charge on any atom is -0.394 e. The zero-order valence-electron chi connectivity index (χ0n) is 44.9. The third kappa shape index (κ3) is 38.6. The highest BCUT2D eigenvalue weighted by Gasteiger charge is 2.44. The van der Waals surface area contributed by atoms with Crippen molar-refractivity contribution in [1.82, 2.24) is 5.32 Å². The van der Waals surface area contributed by atoms with Crippen LogP contribution in [0.3, 0.4) is 0 Å². The van der Waals surface area contributed by atoms with Crippen LogP contribution < -0.4 is 5.32 Å². The van der Waals surface area contributed by atoms with E-state index in [1.807, 2.05) is 6.08 Å². The first-order valence-corrected chi connectivity index (χ1v) is 29.9. The first-order valence-electron chi connectivity index (χ1n) is 29.9. The minimum atomic E-state index is -1.56. The summed E-state index contributed by atoms with van der Waals surface area (Å²) in [4.78, 5) is 13.0. The summed E-state index contributed by atoms with van der Waals surface area (Å²) in [6.45, 7) is 3.81. The molecule has 1 heterocycles. The van der Waals surface area contributed by atoms with Crippen molar-refractivity contribution >= 4 is 5.91 Å². The molecule has 1 saturated heterocycles. The first-order chi connectivity index (χ1) is 33.3. The van der Waals surface area contributed by atoms with Gasteiger partial charge < -0.3 is 40.3 Å². The lowest BCUT2D eigenvalue weighted by Gasteiger charge is -2.40. The van der Waals surface area contributed by atoms with Gasteiger partial charge in [-0.2, -0.15) is 0 Å². The van der Waals surface area contributed by atoms with Gasteiger partial charge in [0.2, 0.25) is 5.91 Å². The van der Waals surface area contributed by atoms with Crippen LogP contribution in [0, 0.1) is 0 Å². The predicted octanol–water partition coefficient (Wildman–Crippen LogP) is 14.8. The van der Waals surface area contributed by atoms with Crippen LogP contribution in [-0.4, -0.2) is 87.5 Å². The topological polar surface area (TPSA) is 149 Å². The lowest BCUT2D eigenvalue weighted by molar-refractivity contribution is -0.302. The Hall–Kier alpha value is -1.07. The summed E-state index contributed by atoms with van der Waals surface area (Å²) >= 11 is 0. The molecule has 0 aromatic heterocycles. The molecule has 0 radical (unpaired) electrons. The lowest BCUT2D eigenvalue weighted by Crippen LogP contribution is -2.60. The van der Waals surface area contributed by atoms with Gasteiger partial charge in [0.1, 0.15) is 24.4 Å². The molecule has 0 aliphatic carbocycles. The van der Waals surface area contributed by atoms with Crippen LogP contribution in [0.4, 0.5) is 0 Å². The highest BCUT2D eigenvalue weighted by Crippen LogP contribution is 2.23. The smallest absolute Gasteiger partial charge is 0.220 e. The minimum absolute atomic E-state index is 0.171. The largest absolute Gasteiger partial charge is 0.394 e. The molecule has 6 N–H and O–H groups in total. The molecule has 1 fully saturated rings. The summed E-state index contributed by atoms with van der Waals surface area (Å²) < 4.78 is 11.3. The van der Waals surface area contributed by atoms with Crippen molar-refractivity contribution in [2.24, 2.45) is 0 Å². The van der Waals surface area contributed by atoms with Crippen molar-refractivity contribution in [2.75, 3.05) is 13.2 Å². The van der Waals surface area contributed by atoms with Gasteiger partial charge >= 0.3 is 0 Å². The maximum atomic E-state index is 13.0. The van der Waals surface area contributed by atoms with Crippen molar-refractivity contribution in [2.45, 2.75) is 346 Å². The van der Waals surface area contributed by atoms with E-state index in [9.17, 15) is 30.3 Å². The molecule has 7 atom stereocenters. The fraction of sp³-hybridized carbons (Fsp3) is 0.949. The zero-order valence-corrected chi connectivity index (χ0v) is 44.9. The summed E-state index contributed by atoms with van der Waals surface area (Å²) in [7, 11) is 0. The average Bonchev–Trinajstić information content (AvgIpc) is 3.34. The second kappa shape index (κ2) is 49.5. The molecule has 0 spiro atoms. The number of nitrogens with one attached hydrogen (secondary N) is 1. The van der Waals surface area contributed by atoms with E-state index in [1.54, 1.807) is 6.08 Å². The number of hydrogen-bond acceptors (Lipinski definition) is 8. The van der Waals surface area contributed by atoms with Crippen LogP contribution in [0.2, 0.25) is 0 Å². The van der Waals surface area contributed by atoms with Crippen molar-refractivity contribution in [1.29, 1.82) is 0 Å². The second-order valence-corrected chi connectivity index (χ2v) is 21.2. The molecule has 1 rings (SSSR count). The maximum absolute atomic E-state index is 13.0. The standard InChI is InChI=1S/C59H115NO8/c1-3-5-7-9-11-13-15-17-18-19-20-21-22-23-24-25-26-27-28-29-30-31-32-33-34-35-37-39-41-43-45-47-49-55(63)60-52(51-67-59-58(66)57(65)56(64)54(50-61)68-59)53(62)48-46-44-42-40-38-36-16-14-12-10-8-6-4-2/h46,48,52-54,56-59,61-62,64-66H,3-45,47,49-51H2,1-2H3,(H,60,63)/b48-46+/t52-,53+,54+,56-,57?,58?,59+/m0/s1. The van der Waals surface area contributed by atoms with Crippen LogP contribution in [-0.2, 0) is 14.3 Å². The van der Waals surface area contributed by atoms with E-state index in [4.69, 9.17) is 9.47 Å². The van der Waals surface area contributed by atoms with E-state index < -0.39 is 49.5 Å². The summed E-state index contributed by atoms with van der Waals surface area (Å²) in [6, 6.07) is -0.799. The Kier molecular flexibility index (Phi) is 47.3. The molecule has 0 aromatic carbocycles. The number of ether oxygens (including phenoxy) is 2. The van der Waals surface area contributed by atoms with Gasteiger partial charge in [0.05, 0.1) is 25.4 Å². The van der Waals surface area contributed by atoms with Crippen LogP contribution in [0.5, 0.6) is 0 Å². The highest BCUT2D eigenvalue weighted by atomic mass is 16.7. The Bertz CT molecular complexity index is 1080. The van der Waals surface area contributed by atoms with E-state index in [-0.39, 0.29) is 12.5 Å². The SMILES string of the molecule is CCCCCCCCCCCCC/C=C/[C@@H](O)[C@H](CO[C@@H]1O[C@H](CO)[C@H](O)C(O)C1O)NC(=O)CCCCCCCCCCCCCCCCCCCCCCCCCCCCCCCCCC.